The third-order valence-electron chi connectivity index (χ3n) is 5.41. The van der Waals surface area contributed by atoms with Gasteiger partial charge in [-0.05, 0) is 55.0 Å². The molecular weight excluding hydrogens is 467 g/mol. The van der Waals surface area contributed by atoms with Gasteiger partial charge in [-0.3, -0.25) is 0 Å². The molecule has 36 heavy (non-hydrogen) atoms. The fraction of sp³-hybridized carbons (Fsp3) is 0.185. The number of carbonyl (C=O) groups excluding carboxylic acids is 1. The summed E-state index contributed by atoms with van der Waals surface area (Å²) in [4.78, 5) is 12.3. The van der Waals surface area contributed by atoms with E-state index in [0.717, 1.165) is 5.56 Å². The summed E-state index contributed by atoms with van der Waals surface area (Å²) in [7, 11) is 1.54. The first-order valence-corrected chi connectivity index (χ1v) is 11.0. The SMILES string of the molecule is CCOc1ccc(C2C(C#N)=C(N)Oc3cc(OC(=O)COc4ccc(F)cc4)ccc32)cc1OC. The van der Waals surface area contributed by atoms with Crippen molar-refractivity contribution >= 4 is 5.97 Å². The van der Waals surface area contributed by atoms with E-state index in [-0.39, 0.29) is 23.8 Å². The van der Waals surface area contributed by atoms with Crippen LogP contribution in [-0.4, -0.2) is 26.3 Å². The number of ether oxygens (including phenoxy) is 5. The molecule has 0 saturated heterocycles. The third kappa shape index (κ3) is 5.18. The van der Waals surface area contributed by atoms with Crippen LogP contribution in [0.25, 0.3) is 0 Å². The second kappa shape index (κ2) is 10.7. The van der Waals surface area contributed by atoms with Crippen LogP contribution in [0.4, 0.5) is 4.39 Å². The van der Waals surface area contributed by atoms with Crippen LogP contribution in [0.1, 0.15) is 24.0 Å². The van der Waals surface area contributed by atoms with Gasteiger partial charge in [0.15, 0.2) is 18.1 Å². The zero-order valence-corrected chi connectivity index (χ0v) is 19.6. The topological polar surface area (TPSA) is 113 Å². The van der Waals surface area contributed by atoms with Crippen molar-refractivity contribution in [3.63, 3.8) is 0 Å². The molecule has 0 aliphatic carbocycles. The number of nitrogens with zero attached hydrogens (tertiary/aromatic N) is 1. The highest BCUT2D eigenvalue weighted by atomic mass is 19.1. The van der Waals surface area contributed by atoms with E-state index in [2.05, 4.69) is 6.07 Å². The number of esters is 1. The van der Waals surface area contributed by atoms with E-state index in [0.29, 0.717) is 35.2 Å². The highest BCUT2D eigenvalue weighted by molar-refractivity contribution is 5.74. The quantitative estimate of drug-likeness (QED) is 0.364. The molecule has 0 aromatic heterocycles. The van der Waals surface area contributed by atoms with Crippen molar-refractivity contribution in [2.75, 3.05) is 20.3 Å². The van der Waals surface area contributed by atoms with E-state index in [4.69, 9.17) is 29.4 Å². The van der Waals surface area contributed by atoms with Gasteiger partial charge in [-0.2, -0.15) is 5.26 Å². The van der Waals surface area contributed by atoms with Crippen molar-refractivity contribution in [1.29, 1.82) is 5.26 Å². The normalized spacial score (nSPS) is 14.2. The Kier molecular flexibility index (Phi) is 7.25. The smallest absolute Gasteiger partial charge is 0.349 e. The number of fused-ring (bicyclic) bond motifs is 1. The molecule has 1 atom stereocenters. The maximum absolute atomic E-state index is 13.0. The summed E-state index contributed by atoms with van der Waals surface area (Å²) in [5.74, 6) is 0.324. The number of allylic oxidation sites excluding steroid dienone is 1. The molecule has 0 saturated carbocycles. The zero-order valence-electron chi connectivity index (χ0n) is 19.6. The number of rotatable bonds is 8. The number of hydrogen-bond donors (Lipinski definition) is 1. The highest BCUT2D eigenvalue weighted by Crippen LogP contribution is 2.45. The van der Waals surface area contributed by atoms with E-state index in [9.17, 15) is 14.4 Å². The van der Waals surface area contributed by atoms with Gasteiger partial charge < -0.3 is 29.4 Å². The minimum Gasteiger partial charge on any atom is -0.493 e. The number of nitriles is 1. The van der Waals surface area contributed by atoms with Gasteiger partial charge in [-0.1, -0.05) is 12.1 Å². The van der Waals surface area contributed by atoms with Crippen LogP contribution in [-0.2, 0) is 4.79 Å². The Morgan fingerprint density at radius 3 is 2.50 bits per heavy atom. The maximum Gasteiger partial charge on any atom is 0.349 e. The van der Waals surface area contributed by atoms with Gasteiger partial charge in [0.25, 0.3) is 0 Å². The molecule has 2 N–H and O–H groups in total. The Bertz CT molecular complexity index is 1350. The first-order valence-electron chi connectivity index (χ1n) is 11.0. The van der Waals surface area contributed by atoms with Crippen molar-refractivity contribution in [2.45, 2.75) is 12.8 Å². The summed E-state index contributed by atoms with van der Waals surface area (Å²) in [5.41, 5.74) is 7.73. The number of carbonyl (C=O) groups is 1. The third-order valence-corrected chi connectivity index (χ3v) is 5.41. The van der Waals surface area contributed by atoms with Crippen LogP contribution in [0, 0.1) is 17.1 Å². The van der Waals surface area contributed by atoms with E-state index >= 15 is 0 Å². The minimum absolute atomic E-state index is 0.0500. The molecule has 4 rings (SSSR count). The van der Waals surface area contributed by atoms with Gasteiger partial charge in [0, 0.05) is 11.6 Å². The molecular formula is C27H23FN2O6. The minimum atomic E-state index is -0.663. The lowest BCUT2D eigenvalue weighted by Crippen LogP contribution is -2.21. The summed E-state index contributed by atoms with van der Waals surface area (Å²) in [6.07, 6.45) is 0. The fourth-order valence-corrected chi connectivity index (χ4v) is 3.81. The zero-order chi connectivity index (χ0) is 25.7. The van der Waals surface area contributed by atoms with Crippen LogP contribution < -0.4 is 29.4 Å². The van der Waals surface area contributed by atoms with Crippen LogP contribution in [0.5, 0.6) is 28.7 Å². The van der Waals surface area contributed by atoms with Gasteiger partial charge in [-0.25, -0.2) is 9.18 Å². The summed E-state index contributed by atoms with van der Waals surface area (Å²) in [6.45, 7) is 1.97. The van der Waals surface area contributed by atoms with Crippen molar-refractivity contribution in [2.24, 2.45) is 5.73 Å². The molecule has 3 aromatic carbocycles. The fourth-order valence-electron chi connectivity index (χ4n) is 3.81. The summed E-state index contributed by atoms with van der Waals surface area (Å²) < 4.78 is 40.4. The summed E-state index contributed by atoms with van der Waals surface area (Å²) in [6, 6.07) is 17.6. The summed E-state index contributed by atoms with van der Waals surface area (Å²) >= 11 is 0. The second-order valence-corrected chi connectivity index (χ2v) is 7.68. The van der Waals surface area contributed by atoms with Crippen molar-refractivity contribution in [3.05, 3.63) is 89.1 Å². The molecule has 0 spiro atoms. The van der Waals surface area contributed by atoms with Crippen molar-refractivity contribution in [3.8, 4) is 34.8 Å². The van der Waals surface area contributed by atoms with E-state index in [1.165, 1.54) is 37.4 Å². The number of halogens is 1. The Morgan fingerprint density at radius 2 is 1.81 bits per heavy atom. The van der Waals surface area contributed by atoms with Crippen molar-refractivity contribution in [1.82, 2.24) is 0 Å². The first-order chi connectivity index (χ1) is 17.4. The maximum atomic E-state index is 13.0. The summed E-state index contributed by atoms with van der Waals surface area (Å²) in [5, 5.41) is 9.80. The number of benzene rings is 3. The lowest BCUT2D eigenvalue weighted by molar-refractivity contribution is -0.136. The van der Waals surface area contributed by atoms with E-state index < -0.39 is 17.7 Å². The van der Waals surface area contributed by atoms with Crippen LogP contribution in [0.3, 0.4) is 0 Å². The van der Waals surface area contributed by atoms with Gasteiger partial charge in [-0.15, -0.1) is 0 Å². The lowest BCUT2D eigenvalue weighted by Gasteiger charge is -2.27. The Balaban J connectivity index is 1.57. The average molecular weight is 490 g/mol. The molecule has 8 nitrogen and oxygen atoms in total. The van der Waals surface area contributed by atoms with Gasteiger partial charge in [0.2, 0.25) is 5.88 Å². The molecule has 3 aromatic rings. The molecule has 0 fully saturated rings. The van der Waals surface area contributed by atoms with Gasteiger partial charge in [0.05, 0.1) is 19.6 Å². The largest absolute Gasteiger partial charge is 0.493 e. The van der Waals surface area contributed by atoms with Crippen LogP contribution >= 0.6 is 0 Å². The first kappa shape index (κ1) is 24.4. The Labute approximate surface area is 207 Å². The van der Waals surface area contributed by atoms with Gasteiger partial charge >= 0.3 is 5.97 Å². The molecule has 0 radical (unpaired) electrons. The van der Waals surface area contributed by atoms with Gasteiger partial charge in [0.1, 0.15) is 34.7 Å². The average Bonchev–Trinajstić information content (AvgIpc) is 2.88. The molecule has 1 aliphatic heterocycles. The lowest BCUT2D eigenvalue weighted by atomic mass is 9.83. The Morgan fingerprint density at radius 1 is 1.06 bits per heavy atom. The predicted octanol–water partition coefficient (Wildman–Crippen LogP) is 4.44. The van der Waals surface area contributed by atoms with Crippen LogP contribution in [0.2, 0.25) is 0 Å². The predicted molar refractivity (Wildman–Crippen MR) is 127 cm³/mol. The monoisotopic (exact) mass is 490 g/mol. The molecule has 1 aliphatic rings. The molecule has 9 heteroatoms. The highest BCUT2D eigenvalue weighted by Gasteiger charge is 2.31. The van der Waals surface area contributed by atoms with E-state index in [1.807, 2.05) is 13.0 Å². The molecule has 0 bridgehead atoms. The number of nitrogens with two attached hydrogens (primary N) is 1. The Hall–Kier alpha value is -4.71. The number of hydrogen-bond acceptors (Lipinski definition) is 8. The second-order valence-electron chi connectivity index (χ2n) is 7.68. The van der Waals surface area contributed by atoms with Crippen molar-refractivity contribution < 1.29 is 32.9 Å². The van der Waals surface area contributed by atoms with E-state index in [1.54, 1.807) is 24.3 Å². The standard InChI is InChI=1S/C27H23FN2O6/c1-3-33-22-11-4-16(12-24(22)32-2)26-20-10-9-19(13-23(20)36-27(30)21(26)14-29)35-25(31)15-34-18-7-5-17(28)6-8-18/h4-13,26H,3,15,30H2,1-2H3. The molecule has 184 valence electrons. The molecule has 0 amide bonds. The molecule has 1 heterocycles. The van der Waals surface area contributed by atoms with Crippen LogP contribution in [0.15, 0.2) is 72.1 Å². The molecule has 1 unspecified atom stereocenters. The number of methoxy groups -OCH3 is 1.